The molecular weight excluding hydrogens is 616 g/mol. The van der Waals surface area contributed by atoms with Gasteiger partial charge in [-0.2, -0.15) is 47.9 Å². The van der Waals surface area contributed by atoms with Gasteiger partial charge in [0.2, 0.25) is 0 Å². The molecule has 0 fully saturated rings. The zero-order valence-electron chi connectivity index (χ0n) is 15.4. The first kappa shape index (κ1) is 27.1. The van der Waals surface area contributed by atoms with Crippen LogP contribution in [0.1, 0.15) is 0 Å². The maximum absolute atomic E-state index is 14.1. The fourth-order valence-corrected chi connectivity index (χ4v) is 9.03. The molecule has 0 aromatic heterocycles. The Morgan fingerprint density at radius 3 is 1.64 bits per heavy atom. The van der Waals surface area contributed by atoms with Crippen molar-refractivity contribution in [2.75, 3.05) is 0 Å². The van der Waals surface area contributed by atoms with Gasteiger partial charge in [0.15, 0.2) is 7.14 Å². The molecule has 0 aliphatic rings. The Balaban J connectivity index is 2.58. The first-order chi connectivity index (χ1) is 14.9. The van der Waals surface area contributed by atoms with E-state index in [4.69, 9.17) is 5.21 Å². The molecule has 0 aliphatic carbocycles. The van der Waals surface area contributed by atoms with Crippen LogP contribution >= 0.6 is 0 Å². The van der Waals surface area contributed by atoms with Gasteiger partial charge >= 0.3 is 59.3 Å². The summed E-state index contributed by atoms with van der Waals surface area (Å²) in [6.45, 7) is 0. The van der Waals surface area contributed by atoms with Gasteiger partial charge in [0.25, 0.3) is 4.92 Å². The lowest BCUT2D eigenvalue weighted by atomic mass is 10.1. The molecule has 0 bridgehead atoms. The molecule has 0 heterocycles. The van der Waals surface area contributed by atoms with Crippen LogP contribution in [0.2, 0.25) is 0 Å². The standard InChI is InChI=1S/C16H10F9INO5S/c17-13(18,15(21,22)23)14(19,20)16(24,25)33(30,31)32-26(10-4-2-1-3-5-10)11-6-8-12(9-7-11)27(28)29/h1-9H,(H,28,29)/q+2. The lowest BCUT2D eigenvalue weighted by Crippen LogP contribution is -3.85. The summed E-state index contributed by atoms with van der Waals surface area (Å²) >= 11 is -4.25. The largest absolute Gasteiger partial charge is 0.460 e. The van der Waals surface area contributed by atoms with Crippen LogP contribution in [0.15, 0.2) is 54.6 Å². The van der Waals surface area contributed by atoms with Crippen molar-refractivity contribution >= 4 is 15.8 Å². The molecule has 0 unspecified atom stereocenters. The number of rotatable bonds is 8. The first-order valence-electron chi connectivity index (χ1n) is 8.03. The molecule has 6 nitrogen and oxygen atoms in total. The van der Waals surface area contributed by atoms with E-state index in [9.17, 15) is 52.8 Å². The van der Waals surface area contributed by atoms with Gasteiger partial charge in [-0.15, -0.1) is 0 Å². The Hall–Kier alpha value is -2.15. The predicted octanol–water partition coefficient (Wildman–Crippen LogP) is 1.84. The third-order valence-corrected chi connectivity index (χ3v) is 11.1. The fourth-order valence-electron chi connectivity index (χ4n) is 2.05. The summed E-state index contributed by atoms with van der Waals surface area (Å²) in [6, 6.07) is 9.61. The van der Waals surface area contributed by atoms with Crippen molar-refractivity contribution in [2.45, 2.75) is 23.3 Å². The van der Waals surface area contributed by atoms with E-state index in [1.54, 1.807) is 0 Å². The molecule has 17 heteroatoms. The molecular formula is C16H10F9INO5S+2. The van der Waals surface area contributed by atoms with E-state index in [0.717, 1.165) is 36.4 Å². The molecule has 2 aromatic carbocycles. The second-order valence-corrected chi connectivity index (χ2v) is 12.5. The number of hydrogen-bond donors (Lipinski definition) is 1. The van der Waals surface area contributed by atoms with Gasteiger partial charge in [-0.05, 0) is 26.8 Å². The van der Waals surface area contributed by atoms with Crippen LogP contribution < -0.4 is 20.2 Å². The van der Waals surface area contributed by atoms with Crippen molar-refractivity contribution in [2.24, 2.45) is 0 Å². The van der Waals surface area contributed by atoms with Crippen molar-refractivity contribution in [1.29, 1.82) is 0 Å². The third-order valence-electron chi connectivity index (χ3n) is 3.75. The van der Waals surface area contributed by atoms with Crippen molar-refractivity contribution in [3.8, 4) is 0 Å². The Bertz CT molecular complexity index is 1110. The summed E-state index contributed by atoms with van der Waals surface area (Å²) in [7, 11) is -7.10. The molecule has 183 valence electrons. The smallest absolute Gasteiger partial charge is 0.241 e. The molecule has 0 atom stereocenters. The van der Waals surface area contributed by atoms with Gasteiger partial charge in [-0.25, -0.2) is 5.21 Å². The monoisotopic (exact) mass is 626 g/mol. The summed E-state index contributed by atoms with van der Waals surface area (Å²) in [4.78, 5) is 10.2. The van der Waals surface area contributed by atoms with Gasteiger partial charge in [0, 0.05) is 12.1 Å². The van der Waals surface area contributed by atoms with E-state index in [2.05, 4.69) is 2.51 Å². The molecule has 2 aromatic rings. The molecule has 1 N–H and O–H groups in total. The Labute approximate surface area is 186 Å². The normalized spacial score (nSPS) is 13.9. The van der Waals surface area contributed by atoms with Gasteiger partial charge < -0.3 is 0 Å². The highest BCUT2D eigenvalue weighted by molar-refractivity contribution is 7.87. The van der Waals surface area contributed by atoms with E-state index in [-0.39, 0.29) is 7.14 Å². The zero-order valence-corrected chi connectivity index (χ0v) is 18.4. The van der Waals surface area contributed by atoms with E-state index >= 15 is 0 Å². The third kappa shape index (κ3) is 4.88. The highest BCUT2D eigenvalue weighted by Crippen LogP contribution is 2.54. The van der Waals surface area contributed by atoms with Gasteiger partial charge in [-0.1, -0.05) is 18.2 Å². The van der Waals surface area contributed by atoms with E-state index in [1.165, 1.54) is 18.2 Å². The van der Waals surface area contributed by atoms with E-state index in [1.807, 2.05) is 0 Å². The molecule has 0 saturated heterocycles. The van der Waals surface area contributed by atoms with Gasteiger partial charge in [-0.3, -0.25) is 0 Å². The number of alkyl halides is 9. The van der Waals surface area contributed by atoms with Crippen LogP contribution in [0.25, 0.3) is 0 Å². The maximum atomic E-state index is 14.1. The molecule has 1 radical (unpaired) electrons. The van der Waals surface area contributed by atoms with E-state index in [0.29, 0.717) is 0 Å². The molecule has 0 aliphatic heterocycles. The second-order valence-electron chi connectivity index (χ2n) is 5.97. The quantitative estimate of drug-likeness (QED) is 0.275. The number of hydrogen-bond acceptors (Lipinski definition) is 4. The summed E-state index contributed by atoms with van der Waals surface area (Å²) in [5.41, 5.74) is -0.424. The summed E-state index contributed by atoms with van der Waals surface area (Å²) < 4.78 is 146. The lowest BCUT2D eigenvalue weighted by molar-refractivity contribution is -1.03. The highest BCUT2D eigenvalue weighted by atomic mass is 127. The minimum atomic E-state index is -7.43. The van der Waals surface area contributed by atoms with Crippen LogP contribution in [0, 0.1) is 12.0 Å². The maximum Gasteiger partial charge on any atom is 0.460 e. The first-order valence-corrected chi connectivity index (χ1v) is 12.5. The van der Waals surface area contributed by atoms with Crippen LogP contribution in [0.4, 0.5) is 45.2 Å². The fraction of sp³-hybridized carbons (Fsp3) is 0.250. The Kier molecular flexibility index (Phi) is 7.30. The Morgan fingerprint density at radius 2 is 1.21 bits per heavy atom. The average Bonchev–Trinajstić information content (AvgIpc) is 2.71. The average molecular weight is 626 g/mol. The molecule has 0 amide bonds. The molecule has 0 spiro atoms. The number of benzene rings is 2. The van der Waals surface area contributed by atoms with Gasteiger partial charge in [0.05, 0.1) is 4.91 Å². The molecule has 33 heavy (non-hydrogen) atoms. The zero-order chi connectivity index (χ0) is 25.5. The van der Waals surface area contributed by atoms with Crippen molar-refractivity contribution in [3.05, 3.63) is 66.6 Å². The van der Waals surface area contributed by atoms with Crippen molar-refractivity contribution in [3.63, 3.8) is 0 Å². The minimum Gasteiger partial charge on any atom is -0.241 e. The highest BCUT2D eigenvalue weighted by Gasteiger charge is 2.86. The SMILES string of the molecule is O=[N+](O)c1ccc([I+](OS(=O)(=O)C(F)(F)C(F)(F)C(F)(F)C(F)(F)F)c2ccccc2)cc1. The van der Waals surface area contributed by atoms with Crippen LogP contribution in [0.5, 0.6) is 0 Å². The second kappa shape index (κ2) is 8.90. The summed E-state index contributed by atoms with van der Waals surface area (Å²) in [5, 5.41) is 1.81. The van der Waals surface area contributed by atoms with Crippen LogP contribution in [-0.4, -0.2) is 41.8 Å². The lowest BCUT2D eigenvalue weighted by Gasteiger charge is -2.31. The van der Waals surface area contributed by atoms with E-state index < -0.39 is 64.2 Å². The minimum absolute atomic E-state index is 0.164. The topological polar surface area (TPSA) is 83.7 Å². The Morgan fingerprint density at radius 1 is 0.758 bits per heavy atom. The summed E-state index contributed by atoms with van der Waals surface area (Å²) in [6.07, 6.45) is -7.21. The van der Waals surface area contributed by atoms with Crippen LogP contribution in [-0.2, 0) is 12.6 Å². The van der Waals surface area contributed by atoms with Crippen LogP contribution in [0.3, 0.4) is 0 Å². The molecule has 2 rings (SSSR count). The molecule has 0 saturated carbocycles. The summed E-state index contributed by atoms with van der Waals surface area (Å²) in [5.74, 6) is -14.9. The van der Waals surface area contributed by atoms with Crippen molar-refractivity contribution in [1.82, 2.24) is 0 Å². The number of halogens is 10. The predicted molar refractivity (Wildman–Crippen MR) is 86.3 cm³/mol. The van der Waals surface area contributed by atoms with Gasteiger partial charge in [0.1, 0.15) is 0 Å². The number of nitrogens with zero attached hydrogens (tertiary/aromatic N) is 1. The van der Waals surface area contributed by atoms with Crippen molar-refractivity contribution < 1.29 is 80.8 Å².